The average Bonchev–Trinajstić information content (AvgIpc) is 2.47. The molecule has 0 atom stereocenters. The standard InChI is InChI=1S/C14H16N4O2/c1-2-16-14(19)12-7-8-13(18-17-12)20-9-10-3-5-11(15)6-4-10/h3-8H,2,9,15H2,1H3,(H,16,19). The third-order valence-corrected chi connectivity index (χ3v) is 2.58. The van der Waals surface area contributed by atoms with Crippen LogP contribution in [0.5, 0.6) is 5.88 Å². The van der Waals surface area contributed by atoms with Gasteiger partial charge >= 0.3 is 0 Å². The Hall–Kier alpha value is -2.63. The highest BCUT2D eigenvalue weighted by atomic mass is 16.5. The first-order chi connectivity index (χ1) is 9.69. The first-order valence-corrected chi connectivity index (χ1v) is 6.28. The van der Waals surface area contributed by atoms with Crippen LogP contribution in [0.15, 0.2) is 36.4 Å². The zero-order valence-electron chi connectivity index (χ0n) is 11.2. The third kappa shape index (κ3) is 3.68. The van der Waals surface area contributed by atoms with Crippen LogP contribution in [0, 0.1) is 0 Å². The van der Waals surface area contributed by atoms with E-state index in [0.717, 1.165) is 5.56 Å². The summed E-state index contributed by atoms with van der Waals surface area (Å²) in [5.41, 5.74) is 7.56. The molecule has 1 heterocycles. The minimum atomic E-state index is -0.245. The highest BCUT2D eigenvalue weighted by molar-refractivity contribution is 5.91. The quantitative estimate of drug-likeness (QED) is 0.803. The molecular formula is C14H16N4O2. The molecule has 2 rings (SSSR count). The minimum absolute atomic E-state index is 0.245. The van der Waals surface area contributed by atoms with Gasteiger partial charge in [-0.3, -0.25) is 4.79 Å². The Balaban J connectivity index is 1.93. The molecule has 0 radical (unpaired) electrons. The van der Waals surface area contributed by atoms with E-state index in [1.807, 2.05) is 31.2 Å². The van der Waals surface area contributed by atoms with Crippen LogP contribution >= 0.6 is 0 Å². The van der Waals surface area contributed by atoms with Gasteiger partial charge in [-0.05, 0) is 30.7 Å². The molecule has 3 N–H and O–H groups in total. The maximum absolute atomic E-state index is 11.5. The molecule has 0 saturated heterocycles. The maximum atomic E-state index is 11.5. The van der Waals surface area contributed by atoms with E-state index >= 15 is 0 Å². The molecule has 0 bridgehead atoms. The molecule has 0 aliphatic carbocycles. The number of hydrogen-bond donors (Lipinski definition) is 2. The Labute approximate surface area is 117 Å². The Morgan fingerprint density at radius 3 is 2.55 bits per heavy atom. The summed E-state index contributed by atoms with van der Waals surface area (Å²) in [6, 6.07) is 10.6. The summed E-state index contributed by atoms with van der Waals surface area (Å²) in [6.45, 7) is 2.76. The lowest BCUT2D eigenvalue weighted by molar-refractivity contribution is 0.0949. The van der Waals surface area contributed by atoms with Gasteiger partial charge < -0.3 is 15.8 Å². The second kappa shape index (κ2) is 6.51. The van der Waals surface area contributed by atoms with E-state index in [1.165, 1.54) is 0 Å². The number of benzene rings is 1. The lowest BCUT2D eigenvalue weighted by Crippen LogP contribution is -2.23. The number of rotatable bonds is 5. The number of carbonyl (C=O) groups is 1. The van der Waals surface area contributed by atoms with Crippen molar-refractivity contribution in [3.8, 4) is 5.88 Å². The van der Waals surface area contributed by atoms with Crippen molar-refractivity contribution in [3.63, 3.8) is 0 Å². The summed E-state index contributed by atoms with van der Waals surface area (Å²) >= 11 is 0. The fraction of sp³-hybridized carbons (Fsp3) is 0.214. The lowest BCUT2D eigenvalue weighted by atomic mass is 10.2. The zero-order valence-corrected chi connectivity index (χ0v) is 11.2. The predicted molar refractivity (Wildman–Crippen MR) is 75.2 cm³/mol. The third-order valence-electron chi connectivity index (χ3n) is 2.58. The number of nitrogens with one attached hydrogen (secondary N) is 1. The topological polar surface area (TPSA) is 90.1 Å². The van der Waals surface area contributed by atoms with Crippen LogP contribution in [0.2, 0.25) is 0 Å². The van der Waals surface area contributed by atoms with Crippen LogP contribution < -0.4 is 15.8 Å². The number of anilines is 1. The van der Waals surface area contributed by atoms with Crippen LogP contribution in [0.1, 0.15) is 23.0 Å². The number of nitrogen functional groups attached to an aromatic ring is 1. The Kier molecular flexibility index (Phi) is 4.49. The molecule has 1 aromatic carbocycles. The Morgan fingerprint density at radius 1 is 1.20 bits per heavy atom. The van der Waals surface area contributed by atoms with Gasteiger partial charge in [-0.15, -0.1) is 10.2 Å². The van der Waals surface area contributed by atoms with Gasteiger partial charge in [-0.2, -0.15) is 0 Å². The van der Waals surface area contributed by atoms with Crippen LogP contribution in [0.25, 0.3) is 0 Å². The van der Waals surface area contributed by atoms with Gasteiger partial charge in [-0.1, -0.05) is 12.1 Å². The van der Waals surface area contributed by atoms with E-state index in [4.69, 9.17) is 10.5 Å². The molecule has 0 aliphatic heterocycles. The number of hydrogen-bond acceptors (Lipinski definition) is 5. The number of amides is 1. The van der Waals surface area contributed by atoms with E-state index < -0.39 is 0 Å². The van der Waals surface area contributed by atoms with Gasteiger partial charge in [-0.25, -0.2) is 0 Å². The van der Waals surface area contributed by atoms with Gasteiger partial charge in [0.25, 0.3) is 5.91 Å². The molecule has 20 heavy (non-hydrogen) atoms. The molecule has 2 aromatic rings. The summed E-state index contributed by atoms with van der Waals surface area (Å²) in [6.07, 6.45) is 0. The lowest BCUT2D eigenvalue weighted by Gasteiger charge is -2.06. The zero-order chi connectivity index (χ0) is 14.4. The van der Waals surface area contributed by atoms with E-state index in [2.05, 4.69) is 15.5 Å². The average molecular weight is 272 g/mol. The number of nitrogens with two attached hydrogens (primary N) is 1. The normalized spacial score (nSPS) is 10.1. The molecule has 0 unspecified atom stereocenters. The SMILES string of the molecule is CCNC(=O)c1ccc(OCc2ccc(N)cc2)nn1. The maximum Gasteiger partial charge on any atom is 0.271 e. The number of ether oxygens (including phenoxy) is 1. The van der Waals surface area contributed by atoms with Crippen LogP contribution in [-0.4, -0.2) is 22.6 Å². The summed E-state index contributed by atoms with van der Waals surface area (Å²) in [5.74, 6) is 0.125. The van der Waals surface area contributed by atoms with E-state index in [9.17, 15) is 4.79 Å². The van der Waals surface area contributed by atoms with Crippen molar-refractivity contribution in [2.24, 2.45) is 0 Å². The first kappa shape index (κ1) is 13.8. The largest absolute Gasteiger partial charge is 0.472 e. The highest BCUT2D eigenvalue weighted by Gasteiger charge is 2.07. The molecule has 0 saturated carbocycles. The molecule has 6 heteroatoms. The Morgan fingerprint density at radius 2 is 1.95 bits per heavy atom. The van der Waals surface area contributed by atoms with Crippen molar-refractivity contribution < 1.29 is 9.53 Å². The second-order valence-electron chi connectivity index (χ2n) is 4.15. The van der Waals surface area contributed by atoms with E-state index in [0.29, 0.717) is 24.7 Å². The second-order valence-corrected chi connectivity index (χ2v) is 4.15. The molecule has 6 nitrogen and oxygen atoms in total. The van der Waals surface area contributed by atoms with Crippen molar-refractivity contribution in [1.82, 2.24) is 15.5 Å². The van der Waals surface area contributed by atoms with Gasteiger partial charge in [0.15, 0.2) is 5.69 Å². The van der Waals surface area contributed by atoms with Gasteiger partial charge in [0, 0.05) is 18.3 Å². The summed E-state index contributed by atoms with van der Waals surface area (Å²) in [7, 11) is 0. The van der Waals surface area contributed by atoms with Crippen molar-refractivity contribution in [2.75, 3.05) is 12.3 Å². The van der Waals surface area contributed by atoms with Crippen molar-refractivity contribution in [3.05, 3.63) is 47.7 Å². The monoisotopic (exact) mass is 272 g/mol. The first-order valence-electron chi connectivity index (χ1n) is 6.28. The molecule has 1 aromatic heterocycles. The number of aromatic nitrogens is 2. The van der Waals surface area contributed by atoms with Crippen molar-refractivity contribution >= 4 is 11.6 Å². The van der Waals surface area contributed by atoms with E-state index in [1.54, 1.807) is 12.1 Å². The fourth-order valence-corrected chi connectivity index (χ4v) is 1.54. The van der Waals surface area contributed by atoms with Crippen LogP contribution in [0.3, 0.4) is 0 Å². The molecule has 1 amide bonds. The molecule has 104 valence electrons. The molecular weight excluding hydrogens is 256 g/mol. The fourth-order valence-electron chi connectivity index (χ4n) is 1.54. The molecule has 0 fully saturated rings. The van der Waals surface area contributed by atoms with Crippen LogP contribution in [-0.2, 0) is 6.61 Å². The summed E-state index contributed by atoms with van der Waals surface area (Å²) in [5, 5.41) is 10.3. The minimum Gasteiger partial charge on any atom is -0.472 e. The van der Waals surface area contributed by atoms with Crippen LogP contribution in [0.4, 0.5) is 5.69 Å². The van der Waals surface area contributed by atoms with Gasteiger partial charge in [0.1, 0.15) is 6.61 Å². The number of carbonyl (C=O) groups excluding carboxylic acids is 1. The smallest absolute Gasteiger partial charge is 0.271 e. The highest BCUT2D eigenvalue weighted by Crippen LogP contribution is 2.10. The van der Waals surface area contributed by atoms with Gasteiger partial charge in [0.2, 0.25) is 5.88 Å². The number of nitrogens with zero attached hydrogens (tertiary/aromatic N) is 2. The summed E-state index contributed by atoms with van der Waals surface area (Å²) < 4.78 is 5.48. The van der Waals surface area contributed by atoms with Crippen molar-refractivity contribution in [1.29, 1.82) is 0 Å². The van der Waals surface area contributed by atoms with E-state index in [-0.39, 0.29) is 11.6 Å². The predicted octanol–water partition coefficient (Wildman–Crippen LogP) is 1.39. The van der Waals surface area contributed by atoms with Crippen molar-refractivity contribution in [2.45, 2.75) is 13.5 Å². The molecule has 0 aliphatic rings. The van der Waals surface area contributed by atoms with Gasteiger partial charge in [0.05, 0.1) is 0 Å². The Bertz CT molecular complexity index is 567. The summed E-state index contributed by atoms with van der Waals surface area (Å²) in [4.78, 5) is 11.5. The molecule has 0 spiro atoms.